The van der Waals surface area contributed by atoms with Crippen LogP contribution in [0.2, 0.25) is 10.0 Å². The van der Waals surface area contributed by atoms with Crippen LogP contribution in [0.1, 0.15) is 43.0 Å². The van der Waals surface area contributed by atoms with Gasteiger partial charge in [0.05, 0.1) is 21.4 Å². The highest BCUT2D eigenvalue weighted by molar-refractivity contribution is 6.37. The molecule has 1 saturated carbocycles. The molecule has 0 unspecified atom stereocenters. The topological polar surface area (TPSA) is 42.7 Å². The zero-order chi connectivity index (χ0) is 16.5. The smallest absolute Gasteiger partial charge is 0.104 e. The number of aromatic nitrogens is 3. The normalized spacial score (nSPS) is 19.2. The largest absolute Gasteiger partial charge is 0.317 e. The van der Waals surface area contributed by atoms with Crippen LogP contribution < -0.4 is 5.32 Å². The number of rotatable bonds is 4. The highest BCUT2D eigenvalue weighted by Gasteiger charge is 2.31. The maximum atomic E-state index is 6.38. The first-order valence-corrected chi connectivity index (χ1v) is 9.28. The number of nitrogens with zero attached hydrogens (tertiary/aromatic N) is 3. The minimum atomic E-state index is 0.521. The van der Waals surface area contributed by atoms with Gasteiger partial charge in [-0.15, -0.1) is 5.10 Å². The van der Waals surface area contributed by atoms with Crippen LogP contribution >= 0.6 is 23.2 Å². The van der Waals surface area contributed by atoms with Gasteiger partial charge < -0.3 is 5.32 Å². The predicted octanol–water partition coefficient (Wildman–Crippen LogP) is 4.46. The summed E-state index contributed by atoms with van der Waals surface area (Å²) in [6.45, 7) is 2.16. The molecule has 1 aliphatic carbocycles. The second-order valence-electron chi connectivity index (χ2n) is 6.56. The second-order valence-corrected chi connectivity index (χ2v) is 7.38. The molecule has 0 atom stereocenters. The van der Waals surface area contributed by atoms with Crippen molar-refractivity contribution in [2.75, 3.05) is 13.1 Å². The zero-order valence-corrected chi connectivity index (χ0v) is 14.9. The quantitative estimate of drug-likeness (QED) is 0.872. The molecule has 0 spiro atoms. The van der Waals surface area contributed by atoms with Crippen molar-refractivity contribution in [3.63, 3.8) is 0 Å². The number of hydrogen-bond acceptors (Lipinski definition) is 3. The number of benzene rings is 1. The van der Waals surface area contributed by atoms with Crippen molar-refractivity contribution < 1.29 is 0 Å². The van der Waals surface area contributed by atoms with E-state index in [9.17, 15) is 0 Å². The lowest BCUT2D eigenvalue weighted by molar-refractivity contribution is 0.437. The van der Waals surface area contributed by atoms with Gasteiger partial charge >= 0.3 is 0 Å². The summed E-state index contributed by atoms with van der Waals surface area (Å²) in [6, 6.07) is 5.51. The van der Waals surface area contributed by atoms with E-state index in [1.54, 1.807) is 4.68 Å². The van der Waals surface area contributed by atoms with E-state index < -0.39 is 0 Å². The molecular formula is C18H20Cl2N4. The standard InChI is InChI=1S/C18H20Cl2N4/c19-14-2-1-3-15(20)18(14)24-16(17(22-23-24)13-5-6-13)7-4-12-8-10-21-11-9-12/h1-4,7,12-13,21H,5-6,8-11H2/b7-4+. The minimum Gasteiger partial charge on any atom is -0.317 e. The van der Waals surface area contributed by atoms with Crippen molar-refractivity contribution in [2.24, 2.45) is 5.92 Å². The first kappa shape index (κ1) is 16.1. The van der Waals surface area contributed by atoms with Gasteiger partial charge in [-0.2, -0.15) is 0 Å². The van der Waals surface area contributed by atoms with Gasteiger partial charge in [-0.1, -0.05) is 40.6 Å². The summed E-state index contributed by atoms with van der Waals surface area (Å²) in [5.41, 5.74) is 2.80. The van der Waals surface area contributed by atoms with Crippen LogP contribution in [0.4, 0.5) is 0 Å². The Bertz CT molecular complexity index is 738. The van der Waals surface area contributed by atoms with Crippen LogP contribution in [0.25, 0.3) is 11.8 Å². The van der Waals surface area contributed by atoms with Gasteiger partial charge in [0.1, 0.15) is 5.69 Å². The van der Waals surface area contributed by atoms with Crippen molar-refractivity contribution in [1.29, 1.82) is 0 Å². The van der Waals surface area contributed by atoms with Gasteiger partial charge in [-0.05, 0) is 62.9 Å². The Morgan fingerprint density at radius 1 is 1.08 bits per heavy atom. The summed E-state index contributed by atoms with van der Waals surface area (Å²) in [6.07, 6.45) is 9.18. The predicted molar refractivity (Wildman–Crippen MR) is 98.0 cm³/mol. The highest BCUT2D eigenvalue weighted by atomic mass is 35.5. The molecule has 0 radical (unpaired) electrons. The number of halogens is 2. The fraction of sp³-hybridized carbons (Fsp3) is 0.444. The molecule has 2 aromatic rings. The van der Waals surface area contributed by atoms with Crippen LogP contribution in [0.3, 0.4) is 0 Å². The van der Waals surface area contributed by atoms with Gasteiger partial charge in [0.2, 0.25) is 0 Å². The Kier molecular flexibility index (Phi) is 4.61. The van der Waals surface area contributed by atoms with E-state index in [0.29, 0.717) is 27.6 Å². The number of allylic oxidation sites excluding steroid dienone is 1. The molecule has 0 bridgehead atoms. The Labute approximate surface area is 151 Å². The Hall–Kier alpha value is -1.36. The average Bonchev–Trinajstić information content (AvgIpc) is 3.35. The van der Waals surface area contributed by atoms with E-state index in [-0.39, 0.29) is 0 Å². The Morgan fingerprint density at radius 2 is 1.79 bits per heavy atom. The van der Waals surface area contributed by atoms with E-state index in [4.69, 9.17) is 23.2 Å². The van der Waals surface area contributed by atoms with E-state index in [1.165, 1.54) is 25.7 Å². The first-order chi connectivity index (χ1) is 11.7. The lowest BCUT2D eigenvalue weighted by Gasteiger charge is -2.19. The summed E-state index contributed by atoms with van der Waals surface area (Å²) in [4.78, 5) is 0. The fourth-order valence-corrected chi connectivity index (χ4v) is 3.78. The third kappa shape index (κ3) is 3.23. The minimum absolute atomic E-state index is 0.521. The molecule has 2 fully saturated rings. The number of hydrogen-bond donors (Lipinski definition) is 1. The van der Waals surface area contributed by atoms with Crippen LogP contribution in [0, 0.1) is 5.92 Å². The van der Waals surface area contributed by atoms with Crippen molar-refractivity contribution >= 4 is 29.3 Å². The second kappa shape index (κ2) is 6.87. The molecule has 4 nitrogen and oxygen atoms in total. The van der Waals surface area contributed by atoms with E-state index >= 15 is 0 Å². The van der Waals surface area contributed by atoms with Gasteiger partial charge in [-0.25, -0.2) is 4.68 Å². The van der Waals surface area contributed by atoms with E-state index in [1.807, 2.05) is 18.2 Å². The highest BCUT2D eigenvalue weighted by Crippen LogP contribution is 2.42. The maximum absolute atomic E-state index is 6.38. The lowest BCUT2D eigenvalue weighted by atomic mass is 9.97. The average molecular weight is 363 g/mol. The summed E-state index contributed by atoms with van der Waals surface area (Å²) >= 11 is 12.8. The molecule has 4 rings (SSSR count). The monoisotopic (exact) mass is 362 g/mol. The molecule has 2 aliphatic rings. The summed E-state index contributed by atoms with van der Waals surface area (Å²) in [5.74, 6) is 1.12. The molecule has 126 valence electrons. The number of para-hydroxylation sites is 1. The molecule has 1 N–H and O–H groups in total. The molecule has 2 heterocycles. The summed E-state index contributed by atoms with van der Waals surface area (Å²) in [7, 11) is 0. The summed E-state index contributed by atoms with van der Waals surface area (Å²) < 4.78 is 1.80. The van der Waals surface area contributed by atoms with Crippen molar-refractivity contribution in [1.82, 2.24) is 20.3 Å². The lowest BCUT2D eigenvalue weighted by Crippen LogP contribution is -2.26. The number of nitrogens with one attached hydrogen (secondary N) is 1. The zero-order valence-electron chi connectivity index (χ0n) is 13.4. The number of piperidine rings is 1. The maximum Gasteiger partial charge on any atom is 0.104 e. The molecule has 1 saturated heterocycles. The van der Waals surface area contributed by atoms with Crippen molar-refractivity contribution in [3.05, 3.63) is 45.7 Å². The van der Waals surface area contributed by atoms with Crippen LogP contribution in [0.15, 0.2) is 24.3 Å². The van der Waals surface area contributed by atoms with Crippen molar-refractivity contribution in [2.45, 2.75) is 31.6 Å². The third-order valence-corrected chi connectivity index (χ3v) is 5.37. The van der Waals surface area contributed by atoms with Gasteiger partial charge in [0.25, 0.3) is 0 Å². The molecule has 6 heteroatoms. The van der Waals surface area contributed by atoms with Crippen molar-refractivity contribution in [3.8, 4) is 5.69 Å². The van der Waals surface area contributed by atoms with Gasteiger partial charge in [0, 0.05) is 5.92 Å². The molecular weight excluding hydrogens is 343 g/mol. The molecule has 1 aromatic heterocycles. The van der Waals surface area contributed by atoms with Gasteiger partial charge in [0.15, 0.2) is 0 Å². The Balaban J connectivity index is 1.73. The molecule has 1 aliphatic heterocycles. The van der Waals surface area contributed by atoms with Crippen LogP contribution in [0.5, 0.6) is 0 Å². The SMILES string of the molecule is Clc1cccc(Cl)c1-n1nnc(C2CC2)c1/C=C/C1CCNCC1. The van der Waals surface area contributed by atoms with E-state index in [0.717, 1.165) is 24.5 Å². The van der Waals surface area contributed by atoms with E-state index in [2.05, 4.69) is 27.8 Å². The van der Waals surface area contributed by atoms with Gasteiger partial charge in [-0.3, -0.25) is 0 Å². The Morgan fingerprint density at radius 3 is 2.46 bits per heavy atom. The van der Waals surface area contributed by atoms with Crippen LogP contribution in [-0.4, -0.2) is 28.1 Å². The molecule has 24 heavy (non-hydrogen) atoms. The molecule has 0 amide bonds. The third-order valence-electron chi connectivity index (χ3n) is 4.76. The first-order valence-electron chi connectivity index (χ1n) is 8.53. The fourth-order valence-electron chi connectivity index (χ4n) is 3.22. The molecule has 1 aromatic carbocycles. The van der Waals surface area contributed by atoms with Crippen LogP contribution in [-0.2, 0) is 0 Å². The summed E-state index contributed by atoms with van der Waals surface area (Å²) in [5, 5.41) is 13.4.